The smallest absolute Gasteiger partial charge is 0.339 e. The molecule has 0 aliphatic heterocycles. The Morgan fingerprint density at radius 2 is 1.75 bits per heavy atom. The van der Waals surface area contributed by atoms with Gasteiger partial charge < -0.3 is 9.84 Å². The molecule has 0 atom stereocenters. The average molecular weight is 268 g/mol. The van der Waals surface area contributed by atoms with Gasteiger partial charge in [0, 0.05) is 11.6 Å². The standard InChI is InChI=1S/C16H12O4/c1-2-14(17)20-15-12(11-7-4-3-5-8-11)9-6-10-13(15)16(18)19/h2-10H,1H2,(H,18,19). The Morgan fingerprint density at radius 3 is 2.35 bits per heavy atom. The van der Waals surface area contributed by atoms with Gasteiger partial charge in [0.1, 0.15) is 5.56 Å². The van der Waals surface area contributed by atoms with E-state index in [9.17, 15) is 14.7 Å². The zero-order valence-corrected chi connectivity index (χ0v) is 10.6. The summed E-state index contributed by atoms with van der Waals surface area (Å²) in [7, 11) is 0. The van der Waals surface area contributed by atoms with E-state index < -0.39 is 11.9 Å². The molecule has 0 spiro atoms. The molecule has 1 N–H and O–H groups in total. The molecule has 2 aromatic carbocycles. The highest BCUT2D eigenvalue weighted by molar-refractivity contribution is 5.96. The van der Waals surface area contributed by atoms with Crippen LogP contribution < -0.4 is 4.74 Å². The number of rotatable bonds is 4. The molecular weight excluding hydrogens is 256 g/mol. The Bertz CT molecular complexity index is 659. The zero-order chi connectivity index (χ0) is 14.5. The van der Waals surface area contributed by atoms with Crippen LogP contribution in [0.4, 0.5) is 0 Å². The minimum atomic E-state index is -1.16. The first-order valence-corrected chi connectivity index (χ1v) is 5.89. The molecule has 2 rings (SSSR count). The fourth-order valence-electron chi connectivity index (χ4n) is 1.80. The molecular formula is C16H12O4. The number of ether oxygens (including phenoxy) is 1. The van der Waals surface area contributed by atoms with Gasteiger partial charge in [-0.05, 0) is 11.6 Å². The van der Waals surface area contributed by atoms with Gasteiger partial charge in [0.15, 0.2) is 5.75 Å². The molecule has 0 saturated heterocycles. The number of benzene rings is 2. The van der Waals surface area contributed by atoms with Crippen LogP contribution in [-0.4, -0.2) is 17.0 Å². The van der Waals surface area contributed by atoms with Crippen molar-refractivity contribution in [3.05, 3.63) is 66.7 Å². The monoisotopic (exact) mass is 268 g/mol. The molecule has 0 aliphatic carbocycles. The van der Waals surface area contributed by atoms with Crippen LogP contribution in [0.1, 0.15) is 10.4 Å². The van der Waals surface area contributed by atoms with Gasteiger partial charge in [-0.25, -0.2) is 9.59 Å². The molecule has 0 saturated carbocycles. The van der Waals surface area contributed by atoms with Crippen molar-refractivity contribution in [2.24, 2.45) is 0 Å². The molecule has 0 aliphatic rings. The first kappa shape index (κ1) is 13.5. The Morgan fingerprint density at radius 1 is 1.05 bits per heavy atom. The Balaban J connectivity index is 2.62. The second kappa shape index (κ2) is 5.84. The van der Waals surface area contributed by atoms with Crippen molar-refractivity contribution < 1.29 is 19.4 Å². The van der Waals surface area contributed by atoms with Crippen molar-refractivity contribution in [1.29, 1.82) is 0 Å². The van der Waals surface area contributed by atoms with E-state index in [1.54, 1.807) is 12.1 Å². The molecule has 0 amide bonds. The van der Waals surface area contributed by atoms with Gasteiger partial charge in [-0.2, -0.15) is 0 Å². The Labute approximate surface area is 115 Å². The maximum absolute atomic E-state index is 11.4. The minimum absolute atomic E-state index is 0.0242. The van der Waals surface area contributed by atoms with E-state index in [1.807, 2.05) is 30.3 Å². The lowest BCUT2D eigenvalue weighted by Crippen LogP contribution is -2.09. The van der Waals surface area contributed by atoms with Crippen LogP contribution in [-0.2, 0) is 4.79 Å². The molecule has 0 heterocycles. The third kappa shape index (κ3) is 2.75. The SMILES string of the molecule is C=CC(=O)Oc1c(C(=O)O)cccc1-c1ccccc1. The second-order valence-electron chi connectivity index (χ2n) is 3.98. The van der Waals surface area contributed by atoms with Crippen molar-refractivity contribution in [1.82, 2.24) is 0 Å². The largest absolute Gasteiger partial charge is 0.478 e. The van der Waals surface area contributed by atoms with E-state index in [2.05, 4.69) is 6.58 Å². The number of carboxylic acid groups (broad SMARTS) is 1. The fourth-order valence-corrected chi connectivity index (χ4v) is 1.80. The van der Waals surface area contributed by atoms with E-state index >= 15 is 0 Å². The van der Waals surface area contributed by atoms with Crippen molar-refractivity contribution in [3.63, 3.8) is 0 Å². The maximum atomic E-state index is 11.4. The number of carbonyl (C=O) groups is 2. The van der Waals surface area contributed by atoms with Crippen LogP contribution in [0.5, 0.6) is 5.75 Å². The topological polar surface area (TPSA) is 63.6 Å². The summed E-state index contributed by atoms with van der Waals surface area (Å²) in [6.07, 6.45) is 0.993. The van der Waals surface area contributed by atoms with E-state index in [-0.39, 0.29) is 11.3 Å². The molecule has 0 unspecified atom stereocenters. The van der Waals surface area contributed by atoms with Crippen LogP contribution in [0, 0.1) is 0 Å². The third-order valence-electron chi connectivity index (χ3n) is 2.70. The van der Waals surface area contributed by atoms with Gasteiger partial charge in [-0.3, -0.25) is 0 Å². The summed E-state index contributed by atoms with van der Waals surface area (Å²) in [6, 6.07) is 13.8. The predicted molar refractivity (Wildman–Crippen MR) is 74.7 cm³/mol. The molecule has 4 nitrogen and oxygen atoms in total. The predicted octanol–water partition coefficient (Wildman–Crippen LogP) is 3.14. The third-order valence-corrected chi connectivity index (χ3v) is 2.70. The lowest BCUT2D eigenvalue weighted by Gasteiger charge is -2.12. The number of esters is 1. The quantitative estimate of drug-likeness (QED) is 0.525. The van der Waals surface area contributed by atoms with Gasteiger partial charge in [0.25, 0.3) is 0 Å². The van der Waals surface area contributed by atoms with E-state index in [0.29, 0.717) is 5.56 Å². The Kier molecular flexibility index (Phi) is 3.96. The highest BCUT2D eigenvalue weighted by Gasteiger charge is 2.18. The summed E-state index contributed by atoms with van der Waals surface area (Å²) in [5.41, 5.74) is 1.24. The van der Waals surface area contributed by atoms with Gasteiger partial charge in [0.05, 0.1) is 0 Å². The fraction of sp³-hybridized carbons (Fsp3) is 0. The average Bonchev–Trinajstić information content (AvgIpc) is 2.48. The van der Waals surface area contributed by atoms with E-state index in [4.69, 9.17) is 4.74 Å². The molecule has 0 bridgehead atoms. The second-order valence-corrected chi connectivity index (χ2v) is 3.98. The number of para-hydroxylation sites is 1. The zero-order valence-electron chi connectivity index (χ0n) is 10.6. The van der Waals surface area contributed by atoms with Crippen molar-refractivity contribution in [2.75, 3.05) is 0 Å². The van der Waals surface area contributed by atoms with Crippen molar-refractivity contribution in [3.8, 4) is 16.9 Å². The van der Waals surface area contributed by atoms with Crippen molar-refractivity contribution in [2.45, 2.75) is 0 Å². The van der Waals surface area contributed by atoms with Crippen LogP contribution in [0.2, 0.25) is 0 Å². The summed E-state index contributed by atoms with van der Waals surface area (Å²) in [5, 5.41) is 9.21. The lowest BCUT2D eigenvalue weighted by molar-refractivity contribution is -0.128. The summed E-state index contributed by atoms with van der Waals surface area (Å²) >= 11 is 0. The van der Waals surface area contributed by atoms with Crippen LogP contribution in [0.25, 0.3) is 11.1 Å². The first-order valence-electron chi connectivity index (χ1n) is 5.89. The highest BCUT2D eigenvalue weighted by Crippen LogP contribution is 2.33. The van der Waals surface area contributed by atoms with Gasteiger partial charge in [-0.1, -0.05) is 49.0 Å². The van der Waals surface area contributed by atoms with Crippen LogP contribution in [0.3, 0.4) is 0 Å². The molecule has 20 heavy (non-hydrogen) atoms. The maximum Gasteiger partial charge on any atom is 0.339 e. The molecule has 2 aromatic rings. The number of aromatic carboxylic acids is 1. The summed E-state index contributed by atoms with van der Waals surface area (Å²) in [6.45, 7) is 3.31. The van der Waals surface area contributed by atoms with E-state index in [1.165, 1.54) is 6.07 Å². The first-order chi connectivity index (χ1) is 9.63. The van der Waals surface area contributed by atoms with Crippen LogP contribution in [0.15, 0.2) is 61.2 Å². The van der Waals surface area contributed by atoms with Crippen LogP contribution >= 0.6 is 0 Å². The number of carbonyl (C=O) groups excluding carboxylic acids is 1. The number of hydrogen-bond donors (Lipinski definition) is 1. The normalized spacial score (nSPS) is 9.80. The molecule has 0 fully saturated rings. The van der Waals surface area contributed by atoms with Gasteiger partial charge in [0.2, 0.25) is 0 Å². The Hall–Kier alpha value is -2.88. The molecule has 100 valence electrons. The van der Waals surface area contributed by atoms with E-state index in [0.717, 1.165) is 11.6 Å². The molecule has 0 aromatic heterocycles. The van der Waals surface area contributed by atoms with Gasteiger partial charge >= 0.3 is 11.9 Å². The molecule has 4 heteroatoms. The lowest BCUT2D eigenvalue weighted by atomic mass is 10.0. The summed E-state index contributed by atoms with van der Waals surface area (Å²) in [4.78, 5) is 22.7. The van der Waals surface area contributed by atoms with Gasteiger partial charge in [-0.15, -0.1) is 0 Å². The number of hydrogen-bond acceptors (Lipinski definition) is 3. The van der Waals surface area contributed by atoms with Crippen molar-refractivity contribution >= 4 is 11.9 Å². The summed E-state index contributed by atoms with van der Waals surface area (Å²) < 4.78 is 5.10. The summed E-state index contributed by atoms with van der Waals surface area (Å²) in [5.74, 6) is -1.83. The molecule has 0 radical (unpaired) electrons. The highest BCUT2D eigenvalue weighted by atomic mass is 16.5. The number of carboxylic acids is 1. The minimum Gasteiger partial charge on any atom is -0.478 e.